The van der Waals surface area contributed by atoms with Crippen molar-refractivity contribution in [2.45, 2.75) is 57.0 Å². The first-order valence-electron chi connectivity index (χ1n) is 9.89. The minimum Gasteiger partial charge on any atom is -0.336 e. The summed E-state index contributed by atoms with van der Waals surface area (Å²) in [5, 5.41) is 0. The van der Waals surface area contributed by atoms with Crippen LogP contribution in [-0.4, -0.2) is 73.2 Å². The number of carbonyl (C=O) groups excluding carboxylic acids is 1. The average molecular weight is 394 g/mol. The van der Waals surface area contributed by atoms with E-state index in [9.17, 15) is 13.2 Å². The maximum Gasteiger partial charge on any atom is 0.243 e. The topological polar surface area (TPSA) is 60.9 Å². The van der Waals surface area contributed by atoms with Crippen LogP contribution < -0.4 is 0 Å². The fraction of sp³-hybridized carbons (Fsp3) is 0.650. The molecule has 7 heteroatoms. The second kappa shape index (κ2) is 8.29. The Labute approximate surface area is 163 Å². The number of hydrogen-bond donors (Lipinski definition) is 0. The molecular weight excluding hydrogens is 362 g/mol. The first-order valence-corrected chi connectivity index (χ1v) is 11.3. The Balaban J connectivity index is 1.57. The predicted molar refractivity (Wildman–Crippen MR) is 106 cm³/mol. The molecule has 0 radical (unpaired) electrons. The molecule has 1 aromatic rings. The van der Waals surface area contributed by atoms with Gasteiger partial charge in [0.25, 0.3) is 0 Å². The van der Waals surface area contributed by atoms with Gasteiger partial charge in [0.15, 0.2) is 0 Å². The number of likely N-dealkylation sites (tertiary alicyclic amines) is 1. The molecule has 1 amide bonds. The molecule has 2 aliphatic heterocycles. The average Bonchev–Trinajstić information content (AvgIpc) is 2.62. The van der Waals surface area contributed by atoms with Crippen LogP contribution in [0.15, 0.2) is 29.2 Å². The maximum atomic E-state index is 12.8. The molecule has 150 valence electrons. The van der Waals surface area contributed by atoms with Crippen LogP contribution in [0.3, 0.4) is 0 Å². The van der Waals surface area contributed by atoms with Crippen LogP contribution >= 0.6 is 0 Å². The summed E-state index contributed by atoms with van der Waals surface area (Å²) in [4.78, 5) is 17.2. The summed E-state index contributed by atoms with van der Waals surface area (Å²) in [5.41, 5.74) is 1.04. The summed E-state index contributed by atoms with van der Waals surface area (Å²) < 4.78 is 27.1. The largest absolute Gasteiger partial charge is 0.336 e. The summed E-state index contributed by atoms with van der Waals surface area (Å²) in [6, 6.07) is 7.57. The molecule has 2 unspecified atom stereocenters. The van der Waals surface area contributed by atoms with E-state index in [1.165, 1.54) is 10.7 Å². The predicted octanol–water partition coefficient (Wildman–Crippen LogP) is 2.09. The van der Waals surface area contributed by atoms with Gasteiger partial charge in [-0.15, -0.1) is 0 Å². The lowest BCUT2D eigenvalue weighted by molar-refractivity contribution is -0.138. The lowest BCUT2D eigenvalue weighted by Gasteiger charge is -2.41. The Morgan fingerprint density at radius 1 is 1.00 bits per heavy atom. The van der Waals surface area contributed by atoms with Crippen molar-refractivity contribution < 1.29 is 13.2 Å². The molecule has 0 aromatic heterocycles. The molecule has 27 heavy (non-hydrogen) atoms. The summed E-state index contributed by atoms with van der Waals surface area (Å²) in [6.07, 6.45) is 3.32. The van der Waals surface area contributed by atoms with Crippen molar-refractivity contribution in [3.8, 4) is 0 Å². The van der Waals surface area contributed by atoms with Crippen molar-refractivity contribution in [2.24, 2.45) is 0 Å². The Morgan fingerprint density at radius 2 is 1.56 bits per heavy atom. The van der Waals surface area contributed by atoms with Crippen molar-refractivity contribution >= 4 is 15.9 Å². The summed E-state index contributed by atoms with van der Waals surface area (Å²) in [7, 11) is -3.46. The number of benzene rings is 1. The van der Waals surface area contributed by atoms with Gasteiger partial charge in [-0.3, -0.25) is 9.69 Å². The molecule has 2 aliphatic rings. The normalized spacial score (nSPS) is 25.5. The van der Waals surface area contributed by atoms with Gasteiger partial charge in [0.1, 0.15) is 0 Å². The van der Waals surface area contributed by atoms with E-state index in [4.69, 9.17) is 0 Å². The van der Waals surface area contributed by atoms with E-state index in [-0.39, 0.29) is 5.91 Å². The van der Waals surface area contributed by atoms with Crippen molar-refractivity contribution in [1.29, 1.82) is 0 Å². The van der Waals surface area contributed by atoms with Gasteiger partial charge in [0.05, 0.1) is 11.4 Å². The van der Waals surface area contributed by atoms with E-state index in [2.05, 4.69) is 18.7 Å². The van der Waals surface area contributed by atoms with E-state index in [1.54, 1.807) is 12.1 Å². The summed E-state index contributed by atoms with van der Waals surface area (Å²) in [5.74, 6) is 0.171. The Morgan fingerprint density at radius 3 is 2.11 bits per heavy atom. The highest BCUT2D eigenvalue weighted by molar-refractivity contribution is 7.89. The highest BCUT2D eigenvalue weighted by Crippen LogP contribution is 2.23. The second-order valence-corrected chi connectivity index (χ2v) is 9.86. The minimum atomic E-state index is -3.46. The Hall–Kier alpha value is -1.44. The third-order valence-electron chi connectivity index (χ3n) is 5.83. The third-order valence-corrected chi connectivity index (χ3v) is 7.74. The van der Waals surface area contributed by atoms with Gasteiger partial charge < -0.3 is 4.90 Å². The molecule has 0 N–H and O–H groups in total. The molecule has 3 rings (SSSR count). The van der Waals surface area contributed by atoms with Crippen LogP contribution in [0.4, 0.5) is 0 Å². The zero-order chi connectivity index (χ0) is 19.6. The molecule has 0 aliphatic carbocycles. The number of rotatable bonds is 4. The Kier molecular flexibility index (Phi) is 6.23. The molecule has 0 bridgehead atoms. The molecule has 6 nitrogen and oxygen atoms in total. The quantitative estimate of drug-likeness (QED) is 0.786. The van der Waals surface area contributed by atoms with Crippen LogP contribution in [0.25, 0.3) is 0 Å². The van der Waals surface area contributed by atoms with Gasteiger partial charge >= 0.3 is 0 Å². The van der Waals surface area contributed by atoms with Gasteiger partial charge in [0.2, 0.25) is 15.9 Å². The monoisotopic (exact) mass is 393 g/mol. The molecule has 1 aromatic carbocycles. The molecule has 2 fully saturated rings. The van der Waals surface area contributed by atoms with Gasteiger partial charge in [-0.05, 0) is 52.2 Å². The summed E-state index contributed by atoms with van der Waals surface area (Å²) in [6.45, 7) is 8.60. The SMILES string of the molecule is Cc1ccc(S(=O)(=O)N2CCN(CC(=O)N3C(C)CCCC3C)CC2)cc1. The number of hydrogen-bond acceptors (Lipinski definition) is 4. The van der Waals surface area contributed by atoms with E-state index in [0.717, 1.165) is 18.4 Å². The zero-order valence-electron chi connectivity index (χ0n) is 16.6. The van der Waals surface area contributed by atoms with Crippen LogP contribution in [-0.2, 0) is 14.8 Å². The molecule has 0 spiro atoms. The van der Waals surface area contributed by atoms with Crippen LogP contribution in [0, 0.1) is 6.92 Å². The lowest BCUT2D eigenvalue weighted by Crippen LogP contribution is -2.54. The number of carbonyl (C=O) groups is 1. The number of amides is 1. The molecular formula is C20H31N3O3S. The maximum absolute atomic E-state index is 12.8. The number of aryl methyl sites for hydroxylation is 1. The third kappa shape index (κ3) is 4.52. The smallest absolute Gasteiger partial charge is 0.243 e. The fourth-order valence-corrected chi connectivity index (χ4v) is 5.60. The van der Waals surface area contributed by atoms with Crippen molar-refractivity contribution in [2.75, 3.05) is 32.7 Å². The van der Waals surface area contributed by atoms with E-state index < -0.39 is 10.0 Å². The zero-order valence-corrected chi connectivity index (χ0v) is 17.4. The minimum absolute atomic E-state index is 0.171. The van der Waals surface area contributed by atoms with Crippen molar-refractivity contribution in [1.82, 2.24) is 14.1 Å². The highest BCUT2D eigenvalue weighted by Gasteiger charge is 2.32. The Bertz CT molecular complexity index is 745. The lowest BCUT2D eigenvalue weighted by atomic mass is 9.97. The molecule has 2 saturated heterocycles. The molecule has 2 heterocycles. The number of piperidine rings is 1. The van der Waals surface area contributed by atoms with E-state index in [1.807, 2.05) is 24.0 Å². The van der Waals surface area contributed by atoms with E-state index in [0.29, 0.717) is 49.7 Å². The van der Waals surface area contributed by atoms with E-state index >= 15 is 0 Å². The standard InChI is InChI=1S/C20H31N3O3S/c1-16-7-9-19(10-8-16)27(25,26)22-13-11-21(12-14-22)15-20(24)23-17(2)5-4-6-18(23)3/h7-10,17-18H,4-6,11-15H2,1-3H3. The summed E-state index contributed by atoms with van der Waals surface area (Å²) >= 11 is 0. The van der Waals surface area contributed by atoms with Crippen molar-refractivity contribution in [3.63, 3.8) is 0 Å². The van der Waals surface area contributed by atoms with Crippen LogP contribution in [0.2, 0.25) is 0 Å². The van der Waals surface area contributed by atoms with Gasteiger partial charge in [-0.1, -0.05) is 17.7 Å². The first kappa shape index (κ1) is 20.3. The van der Waals surface area contributed by atoms with Gasteiger partial charge in [-0.2, -0.15) is 4.31 Å². The van der Waals surface area contributed by atoms with Crippen LogP contribution in [0.1, 0.15) is 38.7 Å². The molecule has 0 saturated carbocycles. The number of sulfonamides is 1. The molecule has 2 atom stereocenters. The van der Waals surface area contributed by atoms with Crippen LogP contribution in [0.5, 0.6) is 0 Å². The number of piperazine rings is 1. The van der Waals surface area contributed by atoms with Gasteiger partial charge in [0, 0.05) is 38.3 Å². The van der Waals surface area contributed by atoms with Crippen molar-refractivity contribution in [3.05, 3.63) is 29.8 Å². The first-order chi connectivity index (χ1) is 12.8. The van der Waals surface area contributed by atoms with Gasteiger partial charge in [-0.25, -0.2) is 8.42 Å². The fourth-order valence-electron chi connectivity index (χ4n) is 4.17. The highest BCUT2D eigenvalue weighted by atomic mass is 32.2. The number of nitrogens with zero attached hydrogens (tertiary/aromatic N) is 3. The second-order valence-electron chi connectivity index (χ2n) is 7.92.